The molecule has 0 spiro atoms. The van der Waals surface area contributed by atoms with Crippen LogP contribution in [0.4, 0.5) is 0 Å². The van der Waals surface area contributed by atoms with Crippen LogP contribution in [-0.2, 0) is 17.2 Å². The molecule has 186 valence electrons. The van der Waals surface area contributed by atoms with Crippen molar-refractivity contribution < 1.29 is 9.47 Å². The van der Waals surface area contributed by atoms with Gasteiger partial charge in [0, 0.05) is 31.3 Å². The van der Waals surface area contributed by atoms with E-state index < -0.39 is 5.41 Å². The van der Waals surface area contributed by atoms with E-state index in [0.29, 0.717) is 19.0 Å². The summed E-state index contributed by atoms with van der Waals surface area (Å²) in [6, 6.07) is 17.8. The number of imidazole rings is 1. The first-order valence-electron chi connectivity index (χ1n) is 11.9. The highest BCUT2D eigenvalue weighted by Crippen LogP contribution is 2.31. The predicted molar refractivity (Wildman–Crippen MR) is 143 cm³/mol. The van der Waals surface area contributed by atoms with Crippen LogP contribution in [-0.4, -0.2) is 39.4 Å². The number of hydrogen-bond donors (Lipinski definition) is 0. The molecule has 8 nitrogen and oxygen atoms in total. The number of rotatable bonds is 7. The van der Waals surface area contributed by atoms with Gasteiger partial charge in [-0.3, -0.25) is 19.1 Å². The third kappa shape index (κ3) is 4.34. The van der Waals surface area contributed by atoms with Crippen LogP contribution < -0.4 is 10.4 Å². The first-order valence-corrected chi connectivity index (χ1v) is 11.9. The molecule has 0 aliphatic heterocycles. The fourth-order valence-electron chi connectivity index (χ4n) is 4.41. The molecule has 0 aliphatic carbocycles. The fraction of sp³-hybridized carbons (Fsp3) is 0.241. The molecular weight excluding hydrogens is 466 g/mol. The third-order valence-corrected chi connectivity index (χ3v) is 6.61. The molecule has 5 aromatic rings. The number of nitriles is 1. The van der Waals surface area contributed by atoms with Crippen LogP contribution in [0.25, 0.3) is 38.8 Å². The Labute approximate surface area is 214 Å². The minimum Gasteiger partial charge on any atom is -0.490 e. The average molecular weight is 494 g/mol. The Hall–Kier alpha value is -4.48. The van der Waals surface area contributed by atoms with Gasteiger partial charge in [0.1, 0.15) is 12.4 Å². The van der Waals surface area contributed by atoms with E-state index in [0.717, 1.165) is 44.3 Å². The van der Waals surface area contributed by atoms with Gasteiger partial charge in [-0.1, -0.05) is 18.2 Å². The number of nitrogens with zero attached hydrogens (tertiary/aromatic N) is 5. The van der Waals surface area contributed by atoms with Crippen LogP contribution in [0.5, 0.6) is 5.75 Å². The molecule has 0 radical (unpaired) electrons. The van der Waals surface area contributed by atoms with Crippen molar-refractivity contribution in [3.05, 3.63) is 83.2 Å². The summed E-state index contributed by atoms with van der Waals surface area (Å²) in [7, 11) is 3.38. The maximum Gasteiger partial charge on any atom is 0.333 e. The molecule has 8 heteroatoms. The molecule has 0 saturated heterocycles. The molecule has 0 atom stereocenters. The van der Waals surface area contributed by atoms with Crippen molar-refractivity contribution in [2.24, 2.45) is 7.05 Å². The maximum atomic E-state index is 13.4. The van der Waals surface area contributed by atoms with Crippen molar-refractivity contribution >= 4 is 21.9 Å². The summed E-state index contributed by atoms with van der Waals surface area (Å²) in [5.41, 5.74) is 4.92. The summed E-state index contributed by atoms with van der Waals surface area (Å²) >= 11 is 0. The number of ether oxygens (including phenoxy) is 2. The molecule has 0 unspecified atom stereocenters. The zero-order valence-electron chi connectivity index (χ0n) is 21.2. The Kier molecular flexibility index (Phi) is 6.24. The monoisotopic (exact) mass is 493 g/mol. The Morgan fingerprint density at radius 3 is 2.51 bits per heavy atom. The minimum absolute atomic E-state index is 0.169. The summed E-state index contributed by atoms with van der Waals surface area (Å²) in [6.07, 6.45) is 5.19. The third-order valence-electron chi connectivity index (χ3n) is 6.61. The van der Waals surface area contributed by atoms with Gasteiger partial charge >= 0.3 is 5.69 Å². The molecule has 0 saturated carbocycles. The number of pyridine rings is 2. The first kappa shape index (κ1) is 24.2. The number of hydrogen-bond acceptors (Lipinski definition) is 6. The maximum absolute atomic E-state index is 13.4. The molecule has 0 fully saturated rings. The van der Waals surface area contributed by atoms with Gasteiger partial charge in [-0.15, -0.1) is 0 Å². The second kappa shape index (κ2) is 9.52. The summed E-state index contributed by atoms with van der Waals surface area (Å²) in [5.74, 6) is 0.656. The van der Waals surface area contributed by atoms with Crippen LogP contribution in [0.2, 0.25) is 0 Å². The number of fused-ring (bicyclic) bond motifs is 3. The number of aromatic nitrogens is 4. The van der Waals surface area contributed by atoms with Crippen LogP contribution in [0.1, 0.15) is 19.4 Å². The molecule has 0 N–H and O–H groups in total. The Morgan fingerprint density at radius 1 is 1.00 bits per heavy atom. The van der Waals surface area contributed by atoms with E-state index in [1.165, 1.54) is 0 Å². The number of methoxy groups -OCH3 is 1. The van der Waals surface area contributed by atoms with E-state index in [2.05, 4.69) is 16.0 Å². The molecule has 3 aromatic heterocycles. The smallest absolute Gasteiger partial charge is 0.333 e. The quantitative estimate of drug-likeness (QED) is 0.303. The molecule has 0 aliphatic rings. The Morgan fingerprint density at radius 2 is 1.78 bits per heavy atom. The van der Waals surface area contributed by atoms with Gasteiger partial charge in [-0.05, 0) is 55.3 Å². The zero-order chi connectivity index (χ0) is 26.2. The largest absolute Gasteiger partial charge is 0.490 e. The lowest BCUT2D eigenvalue weighted by atomic mass is 9.86. The molecule has 0 amide bonds. The highest BCUT2D eigenvalue weighted by Gasteiger charge is 2.21. The zero-order valence-corrected chi connectivity index (χ0v) is 21.2. The van der Waals surface area contributed by atoms with Crippen molar-refractivity contribution in [3.63, 3.8) is 0 Å². The highest BCUT2D eigenvalue weighted by atomic mass is 16.5. The lowest BCUT2D eigenvalue weighted by molar-refractivity contribution is 0.146. The van der Waals surface area contributed by atoms with Crippen LogP contribution in [0, 0.1) is 11.3 Å². The first-order chi connectivity index (χ1) is 17.8. The van der Waals surface area contributed by atoms with Gasteiger partial charge in [0.25, 0.3) is 0 Å². The molecule has 2 aromatic carbocycles. The second-order valence-electron chi connectivity index (χ2n) is 9.44. The summed E-state index contributed by atoms with van der Waals surface area (Å²) in [5, 5.41) is 10.3. The minimum atomic E-state index is -0.621. The van der Waals surface area contributed by atoms with Crippen LogP contribution in [0.3, 0.4) is 0 Å². The molecule has 37 heavy (non-hydrogen) atoms. The normalized spacial score (nSPS) is 11.6. The van der Waals surface area contributed by atoms with E-state index in [1.807, 2.05) is 62.4 Å². The van der Waals surface area contributed by atoms with Gasteiger partial charge in [-0.25, -0.2) is 4.79 Å². The van der Waals surface area contributed by atoms with Crippen molar-refractivity contribution in [1.82, 2.24) is 19.1 Å². The van der Waals surface area contributed by atoms with Gasteiger partial charge in [-0.2, -0.15) is 5.26 Å². The summed E-state index contributed by atoms with van der Waals surface area (Å²) < 4.78 is 14.1. The van der Waals surface area contributed by atoms with E-state index in [9.17, 15) is 10.1 Å². The lowest BCUT2D eigenvalue weighted by Crippen LogP contribution is -2.21. The van der Waals surface area contributed by atoms with Gasteiger partial charge in [0.15, 0.2) is 0 Å². The summed E-state index contributed by atoms with van der Waals surface area (Å²) in [4.78, 5) is 22.4. The van der Waals surface area contributed by atoms with Crippen LogP contribution in [0.15, 0.2) is 71.9 Å². The number of aryl methyl sites for hydroxylation is 1. The highest BCUT2D eigenvalue weighted by molar-refractivity contribution is 6.04. The van der Waals surface area contributed by atoms with E-state index in [4.69, 9.17) is 9.47 Å². The molecule has 0 bridgehead atoms. The van der Waals surface area contributed by atoms with Crippen molar-refractivity contribution in [2.45, 2.75) is 19.3 Å². The molecule has 3 heterocycles. The predicted octanol–water partition coefficient (Wildman–Crippen LogP) is 4.77. The standard InChI is InChI=1S/C29H27N5O3/c1-29(2,18-30)21-6-8-22(9-7-21)34-27-24-14-19(20-13-23(16-31-15-20)37-12-11-36-4)5-10-25(24)32-17-26(27)33(3)28(34)35/h5-10,13-17H,11-12H2,1-4H3. The fourth-order valence-corrected chi connectivity index (χ4v) is 4.41. The molecular formula is C29H27N5O3. The van der Waals surface area contributed by atoms with Crippen molar-refractivity contribution in [3.8, 4) is 28.6 Å². The second-order valence-corrected chi connectivity index (χ2v) is 9.44. The van der Waals surface area contributed by atoms with E-state index in [1.54, 1.807) is 41.9 Å². The van der Waals surface area contributed by atoms with E-state index in [-0.39, 0.29) is 5.69 Å². The van der Waals surface area contributed by atoms with Gasteiger partial charge in [0.05, 0.1) is 52.7 Å². The topological polar surface area (TPSA) is 95.0 Å². The molecule has 5 rings (SSSR count). The van der Waals surface area contributed by atoms with Crippen LogP contribution >= 0.6 is 0 Å². The summed E-state index contributed by atoms with van der Waals surface area (Å²) in [6.45, 7) is 4.67. The SMILES string of the molecule is COCCOc1cncc(-c2ccc3ncc4c(c3c2)n(-c2ccc(C(C)(C)C#N)cc2)c(=O)n4C)c1. The van der Waals surface area contributed by atoms with Gasteiger partial charge < -0.3 is 9.47 Å². The van der Waals surface area contributed by atoms with Crippen molar-refractivity contribution in [2.75, 3.05) is 20.3 Å². The van der Waals surface area contributed by atoms with E-state index >= 15 is 0 Å². The van der Waals surface area contributed by atoms with Gasteiger partial charge in [0.2, 0.25) is 0 Å². The van der Waals surface area contributed by atoms with Crippen molar-refractivity contribution in [1.29, 1.82) is 5.26 Å². The Bertz CT molecular complexity index is 1710. The Balaban J connectivity index is 1.67. The lowest BCUT2D eigenvalue weighted by Gasteiger charge is -2.16. The average Bonchev–Trinajstić information content (AvgIpc) is 3.18. The number of benzene rings is 2.